The Labute approximate surface area is 62.7 Å². The van der Waals surface area contributed by atoms with Gasteiger partial charge in [-0.3, -0.25) is 4.21 Å². The highest BCUT2D eigenvalue weighted by molar-refractivity contribution is 7.79. The summed E-state index contributed by atoms with van der Waals surface area (Å²) in [6, 6.07) is 0. The first-order valence-corrected chi connectivity index (χ1v) is 4.53. The molecule has 0 aliphatic heterocycles. The summed E-state index contributed by atoms with van der Waals surface area (Å²) < 4.78 is 20.6. The lowest BCUT2D eigenvalue weighted by Crippen LogP contribution is -2.28. The van der Waals surface area contributed by atoms with Crippen molar-refractivity contribution >= 4 is 11.1 Å². The Morgan fingerprint density at radius 3 is 2.50 bits per heavy atom. The summed E-state index contributed by atoms with van der Waals surface area (Å²) in [6.45, 7) is 1.53. The van der Waals surface area contributed by atoms with Gasteiger partial charge in [0.15, 0.2) is 0 Å². The van der Waals surface area contributed by atoms with Crippen LogP contribution in [-0.2, 0) is 11.1 Å². The van der Waals surface area contributed by atoms with Crippen LogP contribution in [0.2, 0.25) is 0 Å². The van der Waals surface area contributed by atoms with E-state index in [1.165, 1.54) is 6.92 Å². The topological polar surface area (TPSA) is 60.4 Å². The molecule has 1 fully saturated rings. The van der Waals surface area contributed by atoms with Crippen LogP contribution < -0.4 is 0 Å². The normalized spacial score (nSPS) is 27.5. The highest BCUT2D eigenvalue weighted by atomic mass is 32.2. The van der Waals surface area contributed by atoms with Gasteiger partial charge in [0.1, 0.15) is 0 Å². The largest absolute Gasteiger partial charge is 0.772 e. The van der Waals surface area contributed by atoms with E-state index in [9.17, 15) is 13.9 Å². The van der Waals surface area contributed by atoms with E-state index in [0.717, 1.165) is 12.8 Å². The first kappa shape index (κ1) is 8.17. The summed E-state index contributed by atoms with van der Waals surface area (Å²) >= 11 is -2.12. The van der Waals surface area contributed by atoms with Crippen LogP contribution in [0, 0.1) is 5.92 Å². The highest BCUT2D eigenvalue weighted by Gasteiger charge is 2.33. The van der Waals surface area contributed by atoms with Crippen molar-refractivity contribution in [3.05, 3.63) is 0 Å². The van der Waals surface area contributed by atoms with Crippen molar-refractivity contribution in [1.82, 2.24) is 0 Å². The van der Waals surface area contributed by atoms with Gasteiger partial charge in [0.2, 0.25) is 0 Å². The zero-order chi connectivity index (χ0) is 7.72. The van der Waals surface area contributed by atoms with Gasteiger partial charge in [-0.2, -0.15) is 0 Å². The number of rotatable bonds is 3. The summed E-state index contributed by atoms with van der Waals surface area (Å²) in [6.07, 6.45) is 1.31. The maximum absolute atomic E-state index is 10.3. The first-order valence-electron chi connectivity index (χ1n) is 3.39. The first-order chi connectivity index (χ1) is 4.63. The summed E-state index contributed by atoms with van der Waals surface area (Å²) in [5, 5.41) is 8.63. The van der Waals surface area contributed by atoms with Crippen molar-refractivity contribution in [2.45, 2.75) is 31.1 Å². The lowest BCUT2D eigenvalue weighted by molar-refractivity contribution is 0.149. The molecule has 3 nitrogen and oxygen atoms in total. The molecule has 1 rings (SSSR count). The van der Waals surface area contributed by atoms with Gasteiger partial charge >= 0.3 is 0 Å². The lowest BCUT2D eigenvalue weighted by Gasteiger charge is -2.20. The predicted molar refractivity (Wildman–Crippen MR) is 37.1 cm³/mol. The molecule has 4 heteroatoms. The minimum Gasteiger partial charge on any atom is -0.772 e. The molecule has 60 valence electrons. The van der Waals surface area contributed by atoms with Crippen LogP contribution >= 0.6 is 0 Å². The van der Waals surface area contributed by atoms with E-state index < -0.39 is 22.4 Å². The summed E-state index contributed by atoms with van der Waals surface area (Å²) in [5.74, 6) is 0.243. The van der Waals surface area contributed by atoms with Crippen molar-refractivity contribution in [2.75, 3.05) is 0 Å². The quantitative estimate of drug-likeness (QED) is 0.597. The molecule has 0 saturated heterocycles. The van der Waals surface area contributed by atoms with Crippen LogP contribution in [0.15, 0.2) is 0 Å². The van der Waals surface area contributed by atoms with Gasteiger partial charge in [-0.25, -0.2) is 0 Å². The monoisotopic (exact) mass is 163 g/mol. The lowest BCUT2D eigenvalue weighted by atomic mass is 10.2. The molecule has 1 N–H and O–H groups in total. The second-order valence-electron chi connectivity index (χ2n) is 2.79. The van der Waals surface area contributed by atoms with Gasteiger partial charge in [-0.1, -0.05) is 0 Å². The molecule has 1 aliphatic carbocycles. The molecule has 0 amide bonds. The standard InChI is InChI=1S/C6H12O3S/c1-4(10(8)9)6(7)5-2-3-5/h4-7H,2-3H2,1H3,(H,8,9)/p-1/t4-,6-/m0/s1. The molecule has 0 aromatic heterocycles. The Morgan fingerprint density at radius 2 is 2.20 bits per heavy atom. The molecule has 10 heavy (non-hydrogen) atoms. The van der Waals surface area contributed by atoms with Crippen molar-refractivity contribution in [3.8, 4) is 0 Å². The molecule has 0 aromatic rings. The summed E-state index contributed by atoms with van der Waals surface area (Å²) in [4.78, 5) is 0. The molecule has 0 radical (unpaired) electrons. The Bertz CT molecular complexity index is 144. The Hall–Kier alpha value is 0.0700. The molecular formula is C6H11O3S-. The van der Waals surface area contributed by atoms with Crippen LogP contribution in [0.25, 0.3) is 0 Å². The van der Waals surface area contributed by atoms with Crippen LogP contribution in [0.3, 0.4) is 0 Å². The van der Waals surface area contributed by atoms with E-state index in [1.807, 2.05) is 0 Å². The van der Waals surface area contributed by atoms with Gasteiger partial charge in [0, 0.05) is 5.25 Å². The van der Waals surface area contributed by atoms with Gasteiger partial charge in [0.05, 0.1) is 6.10 Å². The third-order valence-corrected chi connectivity index (χ3v) is 2.78. The Balaban J connectivity index is 2.38. The molecule has 0 spiro atoms. The van der Waals surface area contributed by atoms with E-state index in [4.69, 9.17) is 0 Å². The van der Waals surface area contributed by atoms with E-state index in [2.05, 4.69) is 0 Å². The Morgan fingerprint density at radius 1 is 1.70 bits per heavy atom. The minimum atomic E-state index is -2.12. The molecule has 1 unspecified atom stereocenters. The van der Waals surface area contributed by atoms with Crippen LogP contribution in [0.5, 0.6) is 0 Å². The number of aliphatic hydroxyl groups is 1. The van der Waals surface area contributed by atoms with Crippen molar-refractivity contribution in [1.29, 1.82) is 0 Å². The fourth-order valence-corrected chi connectivity index (χ4v) is 1.38. The van der Waals surface area contributed by atoms with Gasteiger partial charge in [-0.15, -0.1) is 0 Å². The van der Waals surface area contributed by atoms with Crippen LogP contribution in [0.4, 0.5) is 0 Å². The highest BCUT2D eigenvalue weighted by Crippen LogP contribution is 2.34. The third-order valence-electron chi connectivity index (χ3n) is 1.89. The fraction of sp³-hybridized carbons (Fsp3) is 1.00. The maximum atomic E-state index is 10.3. The van der Waals surface area contributed by atoms with Gasteiger partial charge in [-0.05, 0) is 36.8 Å². The van der Waals surface area contributed by atoms with E-state index >= 15 is 0 Å². The van der Waals surface area contributed by atoms with E-state index in [-0.39, 0.29) is 5.92 Å². The second-order valence-corrected chi connectivity index (χ2v) is 4.06. The van der Waals surface area contributed by atoms with Crippen molar-refractivity contribution in [2.24, 2.45) is 5.92 Å². The number of hydrogen-bond acceptors (Lipinski definition) is 3. The molecule has 3 atom stereocenters. The second kappa shape index (κ2) is 2.98. The van der Waals surface area contributed by atoms with Gasteiger partial charge in [0.25, 0.3) is 0 Å². The summed E-state index contributed by atoms with van der Waals surface area (Å²) in [5.41, 5.74) is 0. The average molecular weight is 163 g/mol. The molecule has 0 aromatic carbocycles. The van der Waals surface area contributed by atoms with Crippen LogP contribution in [0.1, 0.15) is 19.8 Å². The zero-order valence-corrected chi connectivity index (χ0v) is 6.63. The third kappa shape index (κ3) is 1.78. The number of aliphatic hydroxyl groups excluding tert-OH is 1. The molecule has 0 bridgehead atoms. The summed E-state index contributed by atoms with van der Waals surface area (Å²) in [7, 11) is 0. The maximum Gasteiger partial charge on any atom is 0.0697 e. The predicted octanol–water partition coefficient (Wildman–Crippen LogP) is 0.0249. The molecule has 0 heterocycles. The molecule has 1 aliphatic rings. The smallest absolute Gasteiger partial charge is 0.0697 e. The average Bonchev–Trinajstić information content (AvgIpc) is 2.65. The molecule has 1 saturated carbocycles. The Kier molecular flexibility index (Phi) is 2.44. The fourth-order valence-electron chi connectivity index (χ4n) is 0.935. The molecular weight excluding hydrogens is 152 g/mol. The van der Waals surface area contributed by atoms with Crippen LogP contribution in [-0.4, -0.2) is 25.2 Å². The van der Waals surface area contributed by atoms with Gasteiger partial charge < -0.3 is 9.66 Å². The zero-order valence-electron chi connectivity index (χ0n) is 5.82. The van der Waals surface area contributed by atoms with E-state index in [0.29, 0.717) is 0 Å². The van der Waals surface area contributed by atoms with Crippen molar-refractivity contribution < 1.29 is 13.9 Å². The SMILES string of the molecule is C[C@@H]([C@H](O)C1CC1)S(=O)[O-]. The van der Waals surface area contributed by atoms with E-state index in [1.54, 1.807) is 0 Å². The van der Waals surface area contributed by atoms with Crippen molar-refractivity contribution in [3.63, 3.8) is 0 Å². The number of hydrogen-bond donors (Lipinski definition) is 1. The minimum absolute atomic E-state index is 0.243.